The van der Waals surface area contributed by atoms with E-state index in [1.807, 2.05) is 32.9 Å². The van der Waals surface area contributed by atoms with Crippen LogP contribution in [-0.2, 0) is 20.3 Å². The van der Waals surface area contributed by atoms with Crippen LogP contribution in [0.1, 0.15) is 42.3 Å². The Hall–Kier alpha value is -2.38. The topological polar surface area (TPSA) is 75.7 Å². The van der Waals surface area contributed by atoms with Crippen molar-refractivity contribution >= 4 is 21.6 Å². The van der Waals surface area contributed by atoms with Crippen molar-refractivity contribution in [2.24, 2.45) is 0 Å². The van der Waals surface area contributed by atoms with Gasteiger partial charge in [0.05, 0.1) is 12.0 Å². The van der Waals surface area contributed by atoms with Gasteiger partial charge >= 0.3 is 0 Å². The Morgan fingerprint density at radius 3 is 2.37 bits per heavy atom. The van der Waals surface area contributed by atoms with Crippen molar-refractivity contribution in [2.45, 2.75) is 38.0 Å². The van der Waals surface area contributed by atoms with Crippen molar-refractivity contribution < 1.29 is 18.0 Å². The summed E-state index contributed by atoms with van der Waals surface area (Å²) in [7, 11) is -0.930. The SMILES string of the molecule is CON(C)C(=O)c1cccc(NS(=O)(=O)c2cc(C(C)(C)C)ccc2C)c1. The number of nitrogens with one attached hydrogen (secondary N) is 1. The molecule has 2 rings (SSSR count). The van der Waals surface area contributed by atoms with E-state index in [4.69, 9.17) is 4.84 Å². The molecule has 0 unspecified atom stereocenters. The van der Waals surface area contributed by atoms with E-state index in [0.717, 1.165) is 10.6 Å². The predicted molar refractivity (Wildman–Crippen MR) is 106 cm³/mol. The molecule has 0 radical (unpaired) electrons. The number of hydrogen-bond acceptors (Lipinski definition) is 4. The summed E-state index contributed by atoms with van der Waals surface area (Å²) < 4.78 is 28.5. The Morgan fingerprint density at radius 1 is 1.11 bits per heavy atom. The lowest BCUT2D eigenvalue weighted by molar-refractivity contribution is -0.0756. The number of hydroxylamine groups is 2. The second-order valence-electron chi connectivity index (χ2n) is 7.40. The molecule has 2 aromatic carbocycles. The van der Waals surface area contributed by atoms with E-state index in [1.54, 1.807) is 31.2 Å². The van der Waals surface area contributed by atoms with E-state index in [2.05, 4.69) is 4.72 Å². The van der Waals surface area contributed by atoms with Gasteiger partial charge in [0.1, 0.15) is 0 Å². The molecule has 0 aliphatic carbocycles. The summed E-state index contributed by atoms with van der Waals surface area (Å²) in [6.45, 7) is 7.85. The van der Waals surface area contributed by atoms with E-state index in [0.29, 0.717) is 16.8 Å². The van der Waals surface area contributed by atoms with Crippen LogP contribution in [0.15, 0.2) is 47.4 Å². The van der Waals surface area contributed by atoms with Gasteiger partial charge in [0.15, 0.2) is 0 Å². The van der Waals surface area contributed by atoms with Gasteiger partial charge < -0.3 is 0 Å². The first-order valence-electron chi connectivity index (χ1n) is 8.52. The van der Waals surface area contributed by atoms with Crippen molar-refractivity contribution in [1.29, 1.82) is 0 Å². The van der Waals surface area contributed by atoms with Gasteiger partial charge in [0.25, 0.3) is 15.9 Å². The molecule has 7 heteroatoms. The van der Waals surface area contributed by atoms with Gasteiger partial charge in [-0.05, 0) is 47.7 Å². The third kappa shape index (κ3) is 4.87. The van der Waals surface area contributed by atoms with Gasteiger partial charge in [0.2, 0.25) is 0 Å². The molecule has 146 valence electrons. The third-order valence-electron chi connectivity index (χ3n) is 4.27. The number of amides is 1. The van der Waals surface area contributed by atoms with Crippen LogP contribution in [0.4, 0.5) is 5.69 Å². The number of anilines is 1. The van der Waals surface area contributed by atoms with E-state index in [1.165, 1.54) is 20.2 Å². The molecule has 1 N–H and O–H groups in total. The number of sulfonamides is 1. The number of hydrogen-bond donors (Lipinski definition) is 1. The minimum Gasteiger partial charge on any atom is -0.280 e. The Bertz CT molecular complexity index is 947. The zero-order chi connectivity index (χ0) is 20.4. The molecular weight excluding hydrogens is 364 g/mol. The van der Waals surface area contributed by atoms with Crippen LogP contribution in [0.25, 0.3) is 0 Å². The van der Waals surface area contributed by atoms with Gasteiger partial charge in [-0.1, -0.05) is 39.0 Å². The molecule has 0 aromatic heterocycles. The number of aryl methyl sites for hydroxylation is 1. The lowest BCUT2D eigenvalue weighted by Crippen LogP contribution is -2.25. The highest BCUT2D eigenvalue weighted by Gasteiger charge is 2.22. The molecule has 0 fully saturated rings. The van der Waals surface area contributed by atoms with E-state index in [-0.39, 0.29) is 16.2 Å². The molecule has 27 heavy (non-hydrogen) atoms. The smallest absolute Gasteiger partial charge is 0.277 e. The molecule has 0 heterocycles. The van der Waals surface area contributed by atoms with Crippen molar-refractivity contribution in [3.05, 3.63) is 59.2 Å². The molecule has 6 nitrogen and oxygen atoms in total. The van der Waals surface area contributed by atoms with Gasteiger partial charge in [-0.15, -0.1) is 0 Å². The molecule has 0 spiro atoms. The van der Waals surface area contributed by atoms with Gasteiger partial charge in [0, 0.05) is 18.3 Å². The second kappa shape index (κ2) is 7.70. The zero-order valence-electron chi connectivity index (χ0n) is 16.5. The molecule has 0 bridgehead atoms. The average Bonchev–Trinajstić information content (AvgIpc) is 2.59. The maximum atomic E-state index is 12.9. The molecule has 2 aromatic rings. The summed E-state index contributed by atoms with van der Waals surface area (Å²) in [5.41, 5.74) is 2.04. The molecule has 0 aliphatic rings. The second-order valence-corrected chi connectivity index (χ2v) is 9.05. The fraction of sp³-hybridized carbons (Fsp3) is 0.350. The van der Waals surface area contributed by atoms with Gasteiger partial charge in [-0.25, -0.2) is 13.5 Å². The summed E-state index contributed by atoms with van der Waals surface area (Å²) in [4.78, 5) is 17.3. The van der Waals surface area contributed by atoms with Crippen LogP contribution in [0, 0.1) is 6.92 Å². The molecular formula is C20H26N2O4S. The van der Waals surface area contributed by atoms with Crippen LogP contribution < -0.4 is 4.72 Å². The lowest BCUT2D eigenvalue weighted by atomic mass is 9.87. The van der Waals surface area contributed by atoms with Crippen molar-refractivity contribution in [3.8, 4) is 0 Å². The first-order valence-corrected chi connectivity index (χ1v) is 10.00. The number of rotatable bonds is 5. The maximum Gasteiger partial charge on any atom is 0.277 e. The quantitative estimate of drug-likeness (QED) is 0.790. The number of carbonyl (C=O) groups is 1. The molecule has 0 saturated carbocycles. The highest BCUT2D eigenvalue weighted by Crippen LogP contribution is 2.28. The standard InChI is InChI=1S/C20H26N2O4S/c1-14-10-11-16(20(2,3)4)13-18(14)27(24,25)21-17-9-7-8-15(12-17)19(23)22(5)26-6/h7-13,21H,1-6H3. The van der Waals surface area contributed by atoms with Crippen LogP contribution in [0.3, 0.4) is 0 Å². The van der Waals surface area contributed by atoms with Gasteiger partial charge in [-0.3, -0.25) is 14.4 Å². The monoisotopic (exact) mass is 390 g/mol. The average molecular weight is 391 g/mol. The first-order chi connectivity index (χ1) is 12.5. The van der Waals surface area contributed by atoms with Crippen molar-refractivity contribution in [2.75, 3.05) is 18.9 Å². The lowest BCUT2D eigenvalue weighted by Gasteiger charge is -2.21. The Kier molecular flexibility index (Phi) is 5.97. The van der Waals surface area contributed by atoms with Gasteiger partial charge in [-0.2, -0.15) is 0 Å². The predicted octanol–water partition coefficient (Wildman–Crippen LogP) is 3.73. The Balaban J connectivity index is 2.39. The number of benzene rings is 2. The highest BCUT2D eigenvalue weighted by atomic mass is 32.2. The van der Waals surface area contributed by atoms with E-state index < -0.39 is 10.0 Å². The summed E-state index contributed by atoms with van der Waals surface area (Å²) in [5, 5.41) is 1.07. The summed E-state index contributed by atoms with van der Waals surface area (Å²) in [6.07, 6.45) is 0. The third-order valence-corrected chi connectivity index (χ3v) is 5.79. The summed E-state index contributed by atoms with van der Waals surface area (Å²) in [6, 6.07) is 11.7. The highest BCUT2D eigenvalue weighted by molar-refractivity contribution is 7.92. The first kappa shape index (κ1) is 20.9. The number of carbonyl (C=O) groups excluding carboxylic acids is 1. The molecule has 0 atom stereocenters. The molecule has 1 amide bonds. The van der Waals surface area contributed by atoms with E-state index >= 15 is 0 Å². The molecule has 0 saturated heterocycles. The van der Waals surface area contributed by atoms with Crippen molar-refractivity contribution in [1.82, 2.24) is 5.06 Å². The summed E-state index contributed by atoms with van der Waals surface area (Å²) >= 11 is 0. The summed E-state index contributed by atoms with van der Waals surface area (Å²) in [5.74, 6) is -0.371. The zero-order valence-corrected chi connectivity index (χ0v) is 17.3. The van der Waals surface area contributed by atoms with Crippen molar-refractivity contribution in [3.63, 3.8) is 0 Å². The van der Waals surface area contributed by atoms with E-state index in [9.17, 15) is 13.2 Å². The Morgan fingerprint density at radius 2 is 1.78 bits per heavy atom. The fourth-order valence-electron chi connectivity index (χ4n) is 2.55. The van der Waals surface area contributed by atoms with Crippen LogP contribution in [-0.4, -0.2) is 33.5 Å². The largest absolute Gasteiger partial charge is 0.280 e. The van der Waals surface area contributed by atoms with Crippen LogP contribution in [0.2, 0.25) is 0 Å². The number of nitrogens with zero attached hydrogens (tertiary/aromatic N) is 1. The fourth-order valence-corrected chi connectivity index (χ4v) is 3.87. The maximum absolute atomic E-state index is 12.9. The minimum atomic E-state index is -3.80. The van der Waals surface area contributed by atoms with Crippen LogP contribution >= 0.6 is 0 Å². The van der Waals surface area contributed by atoms with Crippen LogP contribution in [0.5, 0.6) is 0 Å². The molecule has 0 aliphatic heterocycles. The Labute approximate surface area is 161 Å². The minimum absolute atomic E-state index is 0.172. The normalized spacial score (nSPS) is 11.9.